The summed E-state index contributed by atoms with van der Waals surface area (Å²) < 4.78 is 0. The van der Waals surface area contributed by atoms with Crippen molar-refractivity contribution in [3.05, 3.63) is 0 Å². The number of hydrogen-bond donors (Lipinski definition) is 1. The highest BCUT2D eigenvalue weighted by molar-refractivity contribution is 4.83. The van der Waals surface area contributed by atoms with E-state index in [9.17, 15) is 0 Å². The Balaban J connectivity index is 3.59. The van der Waals surface area contributed by atoms with Gasteiger partial charge in [0.05, 0.1) is 0 Å². The van der Waals surface area contributed by atoms with E-state index in [1.165, 1.54) is 51.4 Å². The molecule has 1 unspecified atom stereocenters. The average Bonchev–Trinajstić information content (AvgIpc) is 2.31. The van der Waals surface area contributed by atoms with Crippen LogP contribution in [0.2, 0.25) is 0 Å². The Morgan fingerprint density at radius 3 is 2.38 bits per heavy atom. The van der Waals surface area contributed by atoms with Crippen molar-refractivity contribution >= 4 is 0 Å². The molecule has 1 heteroatoms. The molecule has 16 heavy (non-hydrogen) atoms. The van der Waals surface area contributed by atoms with Crippen LogP contribution in [-0.2, 0) is 0 Å². The van der Waals surface area contributed by atoms with Gasteiger partial charge in [0.2, 0.25) is 0 Å². The molecule has 0 aliphatic heterocycles. The summed E-state index contributed by atoms with van der Waals surface area (Å²) in [5, 5.41) is 3.64. The second kappa shape index (κ2) is 12.6. The predicted molar refractivity (Wildman–Crippen MR) is 73.5 cm³/mol. The van der Waals surface area contributed by atoms with Crippen molar-refractivity contribution in [3.63, 3.8) is 0 Å². The molecule has 0 spiro atoms. The maximum atomic E-state index is 5.28. The van der Waals surface area contributed by atoms with Crippen molar-refractivity contribution in [2.45, 2.75) is 77.7 Å². The fourth-order valence-corrected chi connectivity index (χ4v) is 1.96. The quantitative estimate of drug-likeness (QED) is 0.410. The van der Waals surface area contributed by atoms with Crippen molar-refractivity contribution in [1.82, 2.24) is 5.32 Å². The first-order valence-corrected chi connectivity index (χ1v) is 7.02. The SMILES string of the molecule is C#CCCCC(CCCCCC)NCCC. The molecule has 0 aromatic rings. The maximum absolute atomic E-state index is 5.28. The fraction of sp³-hybridized carbons (Fsp3) is 0.867. The van der Waals surface area contributed by atoms with E-state index in [1.807, 2.05) is 0 Å². The summed E-state index contributed by atoms with van der Waals surface area (Å²) in [7, 11) is 0. The Morgan fingerprint density at radius 1 is 1.00 bits per heavy atom. The van der Waals surface area contributed by atoms with Crippen LogP contribution >= 0.6 is 0 Å². The summed E-state index contributed by atoms with van der Waals surface area (Å²) in [5.41, 5.74) is 0. The summed E-state index contributed by atoms with van der Waals surface area (Å²) in [5.74, 6) is 2.73. The molecule has 0 aliphatic carbocycles. The van der Waals surface area contributed by atoms with Gasteiger partial charge in [-0.25, -0.2) is 0 Å². The number of rotatable bonds is 11. The summed E-state index contributed by atoms with van der Waals surface area (Å²) >= 11 is 0. The number of unbranched alkanes of at least 4 members (excludes halogenated alkanes) is 4. The minimum atomic E-state index is 0.699. The highest BCUT2D eigenvalue weighted by atomic mass is 14.9. The molecular formula is C15H29N. The molecule has 0 aromatic carbocycles. The van der Waals surface area contributed by atoms with E-state index >= 15 is 0 Å². The van der Waals surface area contributed by atoms with Gasteiger partial charge in [-0.05, 0) is 32.2 Å². The van der Waals surface area contributed by atoms with Gasteiger partial charge in [-0.2, -0.15) is 0 Å². The Kier molecular flexibility index (Phi) is 12.2. The molecule has 0 saturated carbocycles. The van der Waals surface area contributed by atoms with Crippen LogP contribution in [0.5, 0.6) is 0 Å². The van der Waals surface area contributed by atoms with E-state index in [4.69, 9.17) is 6.42 Å². The van der Waals surface area contributed by atoms with E-state index in [2.05, 4.69) is 25.1 Å². The molecule has 0 bridgehead atoms. The van der Waals surface area contributed by atoms with E-state index in [1.54, 1.807) is 0 Å². The summed E-state index contributed by atoms with van der Waals surface area (Å²) in [6.45, 7) is 5.64. The van der Waals surface area contributed by atoms with Crippen LogP contribution in [0.15, 0.2) is 0 Å². The Bertz CT molecular complexity index is 169. The summed E-state index contributed by atoms with van der Waals surface area (Å²) in [4.78, 5) is 0. The van der Waals surface area contributed by atoms with E-state index < -0.39 is 0 Å². The topological polar surface area (TPSA) is 12.0 Å². The van der Waals surface area contributed by atoms with Crippen LogP contribution < -0.4 is 5.32 Å². The lowest BCUT2D eigenvalue weighted by molar-refractivity contribution is 0.425. The van der Waals surface area contributed by atoms with Crippen molar-refractivity contribution in [1.29, 1.82) is 0 Å². The number of terminal acetylenes is 1. The van der Waals surface area contributed by atoms with Crippen LogP contribution in [0.1, 0.15) is 71.6 Å². The lowest BCUT2D eigenvalue weighted by atomic mass is 10.0. The van der Waals surface area contributed by atoms with Crippen molar-refractivity contribution < 1.29 is 0 Å². The minimum absolute atomic E-state index is 0.699. The second-order valence-electron chi connectivity index (χ2n) is 4.60. The lowest BCUT2D eigenvalue weighted by Gasteiger charge is -2.17. The molecule has 0 aliphatic rings. The van der Waals surface area contributed by atoms with Crippen molar-refractivity contribution in [2.24, 2.45) is 0 Å². The third kappa shape index (κ3) is 10.1. The van der Waals surface area contributed by atoms with Gasteiger partial charge in [0.25, 0.3) is 0 Å². The van der Waals surface area contributed by atoms with E-state index in [0.717, 1.165) is 13.0 Å². The normalized spacial score (nSPS) is 12.3. The third-order valence-electron chi connectivity index (χ3n) is 2.96. The second-order valence-corrected chi connectivity index (χ2v) is 4.60. The highest BCUT2D eigenvalue weighted by Gasteiger charge is 2.06. The molecule has 0 radical (unpaired) electrons. The molecular weight excluding hydrogens is 194 g/mol. The standard InChI is InChI=1S/C15H29N/c1-4-7-9-11-13-15(16-14-6-3)12-10-8-5-2/h2,15-16H,4,6-14H2,1,3H3. The third-order valence-corrected chi connectivity index (χ3v) is 2.96. The highest BCUT2D eigenvalue weighted by Crippen LogP contribution is 2.10. The monoisotopic (exact) mass is 223 g/mol. The molecule has 94 valence electrons. The molecule has 1 N–H and O–H groups in total. The first-order chi connectivity index (χ1) is 7.85. The molecule has 0 heterocycles. The zero-order valence-corrected chi connectivity index (χ0v) is 11.2. The first-order valence-electron chi connectivity index (χ1n) is 7.02. The molecule has 0 rings (SSSR count). The van der Waals surface area contributed by atoms with Gasteiger partial charge in [-0.1, -0.05) is 39.5 Å². The lowest BCUT2D eigenvalue weighted by Crippen LogP contribution is -2.29. The van der Waals surface area contributed by atoms with Crippen LogP contribution in [0.3, 0.4) is 0 Å². The summed E-state index contributed by atoms with van der Waals surface area (Å²) in [6.07, 6.45) is 16.6. The van der Waals surface area contributed by atoms with Gasteiger partial charge in [0.15, 0.2) is 0 Å². The minimum Gasteiger partial charge on any atom is -0.314 e. The largest absolute Gasteiger partial charge is 0.314 e. The van der Waals surface area contributed by atoms with Gasteiger partial charge < -0.3 is 5.32 Å². The Hall–Kier alpha value is -0.480. The Morgan fingerprint density at radius 2 is 1.75 bits per heavy atom. The van der Waals surface area contributed by atoms with E-state index in [-0.39, 0.29) is 0 Å². The number of nitrogens with one attached hydrogen (secondary N) is 1. The molecule has 0 saturated heterocycles. The zero-order chi connectivity index (χ0) is 12.1. The van der Waals surface area contributed by atoms with Gasteiger partial charge >= 0.3 is 0 Å². The van der Waals surface area contributed by atoms with E-state index in [0.29, 0.717) is 6.04 Å². The Labute approximate surface area is 102 Å². The van der Waals surface area contributed by atoms with Crippen molar-refractivity contribution in [2.75, 3.05) is 6.54 Å². The predicted octanol–water partition coefficient (Wildman–Crippen LogP) is 4.13. The summed E-state index contributed by atoms with van der Waals surface area (Å²) in [6, 6.07) is 0.699. The molecule has 0 aromatic heterocycles. The first kappa shape index (κ1) is 15.5. The van der Waals surface area contributed by atoms with Gasteiger partial charge in [-0.15, -0.1) is 12.3 Å². The molecule has 1 atom stereocenters. The van der Waals surface area contributed by atoms with Crippen LogP contribution in [-0.4, -0.2) is 12.6 Å². The van der Waals surface area contributed by atoms with Gasteiger partial charge in [0, 0.05) is 12.5 Å². The number of hydrogen-bond acceptors (Lipinski definition) is 1. The maximum Gasteiger partial charge on any atom is 0.00866 e. The average molecular weight is 223 g/mol. The van der Waals surface area contributed by atoms with Gasteiger partial charge in [-0.3, -0.25) is 0 Å². The molecule has 0 amide bonds. The van der Waals surface area contributed by atoms with Crippen molar-refractivity contribution in [3.8, 4) is 12.3 Å². The van der Waals surface area contributed by atoms with Gasteiger partial charge in [0.1, 0.15) is 0 Å². The fourth-order valence-electron chi connectivity index (χ4n) is 1.96. The smallest absolute Gasteiger partial charge is 0.00866 e. The zero-order valence-electron chi connectivity index (χ0n) is 11.2. The van der Waals surface area contributed by atoms with Crippen LogP contribution in [0.4, 0.5) is 0 Å². The molecule has 1 nitrogen and oxygen atoms in total. The van der Waals surface area contributed by atoms with Crippen LogP contribution in [0, 0.1) is 12.3 Å². The molecule has 0 fully saturated rings. The van der Waals surface area contributed by atoms with Crippen LogP contribution in [0.25, 0.3) is 0 Å².